The molecule has 37 heavy (non-hydrogen) atoms. The summed E-state index contributed by atoms with van der Waals surface area (Å²) < 4.78 is 0. The predicted molar refractivity (Wildman–Crippen MR) is 153 cm³/mol. The van der Waals surface area contributed by atoms with Crippen molar-refractivity contribution in [2.75, 3.05) is 0 Å². The van der Waals surface area contributed by atoms with Crippen LogP contribution in [0.4, 0.5) is 0 Å². The van der Waals surface area contributed by atoms with E-state index in [1.165, 1.54) is 27.8 Å². The van der Waals surface area contributed by atoms with Gasteiger partial charge in [-0.15, -0.1) is 0 Å². The van der Waals surface area contributed by atoms with Crippen LogP contribution in [0.15, 0.2) is 164 Å². The highest BCUT2D eigenvalue weighted by molar-refractivity contribution is 5.68. The van der Waals surface area contributed by atoms with Crippen molar-refractivity contribution in [2.45, 2.75) is 5.41 Å². The van der Waals surface area contributed by atoms with E-state index in [-0.39, 0.29) is 0 Å². The van der Waals surface area contributed by atoms with Crippen LogP contribution in [0.2, 0.25) is 0 Å². The van der Waals surface area contributed by atoms with E-state index in [0.717, 1.165) is 17.0 Å². The Morgan fingerprint density at radius 1 is 0.351 bits per heavy atom. The summed E-state index contributed by atoms with van der Waals surface area (Å²) in [6.07, 6.45) is 0. The molecular formula is C36H27N. The molecule has 0 amide bonds. The quantitative estimate of drug-likeness (QED) is 0.220. The smallest absolute Gasteiger partial charge is 0.0874 e. The summed E-state index contributed by atoms with van der Waals surface area (Å²) in [5.41, 5.74) is 8.41. The van der Waals surface area contributed by atoms with Crippen LogP contribution < -0.4 is 0 Å². The summed E-state index contributed by atoms with van der Waals surface area (Å²) in [5.74, 6) is 0. The number of benzene rings is 5. The molecule has 1 nitrogen and oxygen atoms in total. The lowest BCUT2D eigenvalue weighted by atomic mass is 9.66. The van der Waals surface area contributed by atoms with Gasteiger partial charge in [-0.05, 0) is 46.0 Å². The van der Waals surface area contributed by atoms with E-state index in [1.807, 2.05) is 6.07 Å². The molecule has 176 valence electrons. The number of pyridine rings is 1. The Bertz CT molecular complexity index is 1470. The van der Waals surface area contributed by atoms with Crippen molar-refractivity contribution in [3.05, 3.63) is 186 Å². The molecule has 0 spiro atoms. The molecule has 0 saturated heterocycles. The Labute approximate surface area is 218 Å². The van der Waals surface area contributed by atoms with E-state index in [9.17, 15) is 0 Å². The highest BCUT2D eigenvalue weighted by atomic mass is 14.7. The van der Waals surface area contributed by atoms with Crippen LogP contribution in [0.5, 0.6) is 0 Å². The average Bonchev–Trinajstić information content (AvgIpc) is 3.00. The van der Waals surface area contributed by atoms with Gasteiger partial charge in [0, 0.05) is 5.56 Å². The monoisotopic (exact) mass is 473 g/mol. The summed E-state index contributed by atoms with van der Waals surface area (Å²) in [5, 5.41) is 0. The van der Waals surface area contributed by atoms with Gasteiger partial charge >= 0.3 is 0 Å². The Balaban J connectivity index is 1.68. The molecule has 0 atom stereocenters. The van der Waals surface area contributed by atoms with Crippen LogP contribution in [0.25, 0.3) is 22.4 Å². The third-order valence-electron chi connectivity index (χ3n) is 7.02. The molecule has 0 saturated carbocycles. The fourth-order valence-corrected chi connectivity index (χ4v) is 5.30. The Morgan fingerprint density at radius 2 is 0.811 bits per heavy atom. The summed E-state index contributed by atoms with van der Waals surface area (Å²) in [6, 6.07) is 57.8. The summed E-state index contributed by atoms with van der Waals surface area (Å²) >= 11 is 0. The molecule has 0 radical (unpaired) electrons. The van der Waals surface area contributed by atoms with Gasteiger partial charge in [0.05, 0.1) is 16.8 Å². The maximum Gasteiger partial charge on any atom is 0.0874 e. The molecule has 0 aliphatic carbocycles. The molecule has 0 fully saturated rings. The van der Waals surface area contributed by atoms with E-state index in [0.29, 0.717) is 0 Å². The number of hydrogen-bond donors (Lipinski definition) is 0. The van der Waals surface area contributed by atoms with Crippen molar-refractivity contribution in [1.29, 1.82) is 0 Å². The zero-order valence-electron chi connectivity index (χ0n) is 20.5. The molecule has 5 aromatic carbocycles. The van der Waals surface area contributed by atoms with Crippen LogP contribution in [-0.2, 0) is 5.41 Å². The van der Waals surface area contributed by atoms with Crippen LogP contribution in [0.3, 0.4) is 0 Å². The fraction of sp³-hybridized carbons (Fsp3) is 0.0278. The zero-order valence-corrected chi connectivity index (χ0v) is 20.5. The average molecular weight is 474 g/mol. The Hall–Kier alpha value is -4.75. The number of rotatable bonds is 6. The number of nitrogens with zero attached hydrogens (tertiary/aromatic N) is 1. The first-order chi connectivity index (χ1) is 18.4. The van der Waals surface area contributed by atoms with Crippen LogP contribution in [0, 0.1) is 0 Å². The first-order valence-corrected chi connectivity index (χ1v) is 12.7. The molecular weight excluding hydrogens is 446 g/mol. The van der Waals surface area contributed by atoms with E-state index in [1.54, 1.807) is 0 Å². The second kappa shape index (κ2) is 10.1. The molecule has 0 aliphatic heterocycles. The number of aromatic nitrogens is 1. The van der Waals surface area contributed by atoms with Crippen LogP contribution in [0.1, 0.15) is 22.4 Å². The number of hydrogen-bond acceptors (Lipinski definition) is 1. The fourth-order valence-electron chi connectivity index (χ4n) is 5.30. The highest BCUT2D eigenvalue weighted by Gasteiger charge is 2.40. The van der Waals surface area contributed by atoms with E-state index < -0.39 is 5.41 Å². The molecule has 0 N–H and O–H groups in total. The van der Waals surface area contributed by atoms with Crippen LogP contribution >= 0.6 is 0 Å². The van der Waals surface area contributed by atoms with Gasteiger partial charge in [-0.25, -0.2) is 0 Å². The molecule has 1 heterocycles. The molecule has 6 rings (SSSR count). The lowest BCUT2D eigenvalue weighted by molar-refractivity contribution is 0.716. The van der Waals surface area contributed by atoms with E-state index in [2.05, 4.69) is 158 Å². The van der Waals surface area contributed by atoms with Crippen molar-refractivity contribution in [1.82, 2.24) is 4.98 Å². The summed E-state index contributed by atoms with van der Waals surface area (Å²) in [4.78, 5) is 5.35. The van der Waals surface area contributed by atoms with Gasteiger partial charge < -0.3 is 0 Å². The first-order valence-electron chi connectivity index (χ1n) is 12.7. The Morgan fingerprint density at radius 3 is 1.41 bits per heavy atom. The van der Waals surface area contributed by atoms with Gasteiger partial charge in [0.15, 0.2) is 0 Å². The second-order valence-electron chi connectivity index (χ2n) is 9.20. The first kappa shape index (κ1) is 22.7. The van der Waals surface area contributed by atoms with Gasteiger partial charge in [-0.1, -0.05) is 146 Å². The third-order valence-corrected chi connectivity index (χ3v) is 7.02. The highest BCUT2D eigenvalue weighted by Crippen LogP contribution is 2.45. The minimum atomic E-state index is -0.599. The minimum Gasteiger partial charge on any atom is -0.251 e. The molecule has 1 aromatic heterocycles. The van der Waals surface area contributed by atoms with Crippen LogP contribution in [-0.4, -0.2) is 4.98 Å². The molecule has 0 unspecified atom stereocenters. The van der Waals surface area contributed by atoms with E-state index >= 15 is 0 Å². The van der Waals surface area contributed by atoms with Crippen molar-refractivity contribution in [3.8, 4) is 22.4 Å². The van der Waals surface area contributed by atoms with Gasteiger partial charge in [0.2, 0.25) is 0 Å². The maximum absolute atomic E-state index is 5.35. The van der Waals surface area contributed by atoms with Gasteiger partial charge in [-0.2, -0.15) is 0 Å². The summed E-state index contributed by atoms with van der Waals surface area (Å²) in [7, 11) is 0. The van der Waals surface area contributed by atoms with Gasteiger partial charge in [0.1, 0.15) is 0 Å². The normalized spacial score (nSPS) is 11.2. The van der Waals surface area contributed by atoms with Gasteiger partial charge in [0.25, 0.3) is 0 Å². The zero-order chi connectivity index (χ0) is 24.9. The van der Waals surface area contributed by atoms with E-state index in [4.69, 9.17) is 4.98 Å². The SMILES string of the molecule is c1ccc(-c2cccc(C(c3ccccc3)(c3ccccc3)c3cccc(-c4ccccc4)n3)c2)cc1. The lowest BCUT2D eigenvalue weighted by Crippen LogP contribution is -2.32. The standard InChI is InChI=1S/C36H27N/c1-5-15-28(16-6-1)30-19-13-24-33(27-30)36(31-20-9-3-10-21-31,32-22-11-4-12-23-32)35-26-14-25-34(37-35)29-17-7-2-8-18-29/h1-27H. The topological polar surface area (TPSA) is 12.9 Å². The summed E-state index contributed by atoms with van der Waals surface area (Å²) in [6.45, 7) is 0. The van der Waals surface area contributed by atoms with Crippen molar-refractivity contribution >= 4 is 0 Å². The minimum absolute atomic E-state index is 0.599. The maximum atomic E-state index is 5.35. The molecule has 0 bridgehead atoms. The predicted octanol–water partition coefficient (Wildman–Crippen LogP) is 8.80. The van der Waals surface area contributed by atoms with Crippen molar-refractivity contribution in [2.24, 2.45) is 0 Å². The second-order valence-corrected chi connectivity index (χ2v) is 9.20. The van der Waals surface area contributed by atoms with Crippen molar-refractivity contribution < 1.29 is 0 Å². The third kappa shape index (κ3) is 4.26. The molecule has 0 aliphatic rings. The van der Waals surface area contributed by atoms with Gasteiger partial charge in [-0.3, -0.25) is 4.98 Å². The molecule has 6 aromatic rings. The largest absolute Gasteiger partial charge is 0.251 e. The lowest BCUT2D eigenvalue weighted by Gasteiger charge is -2.36. The molecule has 1 heteroatoms. The Kier molecular flexibility index (Phi) is 6.19. The van der Waals surface area contributed by atoms with Crippen molar-refractivity contribution in [3.63, 3.8) is 0 Å².